The minimum absolute atomic E-state index is 0.0321. The first-order chi connectivity index (χ1) is 33.4. The van der Waals surface area contributed by atoms with E-state index in [1.807, 2.05) is 71.6 Å². The summed E-state index contributed by atoms with van der Waals surface area (Å²) >= 11 is 12.2. The number of anilines is 1. The van der Waals surface area contributed by atoms with E-state index in [0.29, 0.717) is 82.7 Å². The highest BCUT2D eigenvalue weighted by molar-refractivity contribution is 7.89. The Bertz CT molecular complexity index is 3040. The number of aryl methyl sites for hydroxylation is 1. The lowest BCUT2D eigenvalue weighted by atomic mass is 9.93. The van der Waals surface area contributed by atoms with Crippen molar-refractivity contribution in [2.75, 3.05) is 44.9 Å². The number of morpholine rings is 1. The van der Waals surface area contributed by atoms with Crippen molar-refractivity contribution in [3.8, 4) is 34.4 Å². The number of carbonyl (C=O) groups is 2. The van der Waals surface area contributed by atoms with Gasteiger partial charge in [0.2, 0.25) is 15.9 Å². The predicted octanol–water partition coefficient (Wildman–Crippen LogP) is 8.18. The number of carbonyl (C=O) groups excluding carboxylic acids is 2. The third-order valence-electron chi connectivity index (χ3n) is 12.4. The molecule has 354 valence electrons. The number of aromatic nitrogens is 1. The van der Waals surface area contributed by atoms with E-state index in [0.717, 1.165) is 27.8 Å². The number of fused-ring (bicyclic) bond motifs is 2. The molecule has 1 amide bonds. The smallest absolute Gasteiger partial charge is 0.328 e. The maximum atomic E-state index is 15.0. The Labute approximate surface area is 410 Å². The summed E-state index contributed by atoms with van der Waals surface area (Å²) in [5, 5.41) is 13.0. The highest BCUT2D eigenvalue weighted by Crippen LogP contribution is 2.42. The zero-order chi connectivity index (χ0) is 48.2. The second-order valence-electron chi connectivity index (χ2n) is 16.9. The van der Waals surface area contributed by atoms with Crippen molar-refractivity contribution in [1.82, 2.24) is 14.6 Å². The van der Waals surface area contributed by atoms with Gasteiger partial charge in [-0.15, -0.1) is 0 Å². The van der Waals surface area contributed by atoms with E-state index in [9.17, 15) is 23.3 Å². The van der Waals surface area contributed by atoms with Crippen molar-refractivity contribution >= 4 is 50.9 Å². The van der Waals surface area contributed by atoms with Gasteiger partial charge in [0.25, 0.3) is 0 Å². The standard InChI is InChI=1S/C52H47Cl2N5O9S/c1-32-49(17-18-50(56-32)58-19-21-65-22-20-58)69(62,63)59-29-40-27-47-46(67-31-48(68-47)38-12-14-41(15-13-38)66-30-35-7-16-42(53)43(54)23-35)26-39(40)25-45(59)51(60)57-44(52(61)64-2)24-33-3-8-36(9-4-33)37-10-5-34(28-55)6-11-37/h3-18,23,26-27,44-45,48H,19-22,24-25,29-31H2,1-2H3,(H,57,60)/t44?,45-,48+/m0/s1. The number of pyridine rings is 1. The number of halogens is 2. The third-order valence-corrected chi connectivity index (χ3v) is 15.2. The normalized spacial score (nSPS) is 17.2. The van der Waals surface area contributed by atoms with E-state index >= 15 is 0 Å². The van der Waals surface area contributed by atoms with Crippen LogP contribution in [0.2, 0.25) is 10.0 Å². The van der Waals surface area contributed by atoms with Gasteiger partial charge in [-0.2, -0.15) is 9.57 Å². The van der Waals surface area contributed by atoms with E-state index in [1.165, 1.54) is 17.5 Å². The van der Waals surface area contributed by atoms with E-state index in [-0.39, 0.29) is 36.6 Å². The molecule has 5 aromatic carbocycles. The summed E-state index contributed by atoms with van der Waals surface area (Å²) in [4.78, 5) is 34.7. The quantitative estimate of drug-likeness (QED) is 0.110. The lowest BCUT2D eigenvalue weighted by Gasteiger charge is -2.37. The van der Waals surface area contributed by atoms with Crippen molar-refractivity contribution < 1.29 is 41.7 Å². The van der Waals surface area contributed by atoms with Crippen LogP contribution in [0.4, 0.5) is 5.82 Å². The summed E-state index contributed by atoms with van der Waals surface area (Å²) in [5.74, 6) is 0.784. The number of methoxy groups -OCH3 is 1. The SMILES string of the molecule is COC(=O)C(Cc1ccc(-c2ccc(C#N)cc2)cc1)NC(=O)[C@@H]1Cc2cc3c(cc2CN1S(=O)(=O)c1ccc(N2CCOCC2)nc1C)O[C@@H](c1ccc(OCc2ccc(Cl)c(Cl)c2)cc1)CO3. The number of rotatable bonds is 13. The molecule has 0 bridgehead atoms. The van der Waals surface area contributed by atoms with Crippen LogP contribution in [-0.4, -0.2) is 81.7 Å². The molecule has 17 heteroatoms. The van der Waals surface area contributed by atoms with Crippen LogP contribution in [0.15, 0.2) is 120 Å². The Morgan fingerprint density at radius 1 is 0.870 bits per heavy atom. The fourth-order valence-electron chi connectivity index (χ4n) is 8.65. The van der Waals surface area contributed by atoms with Crippen molar-refractivity contribution in [2.24, 2.45) is 0 Å². The maximum absolute atomic E-state index is 15.0. The van der Waals surface area contributed by atoms with Crippen molar-refractivity contribution in [3.05, 3.63) is 164 Å². The van der Waals surface area contributed by atoms with Crippen molar-refractivity contribution in [3.63, 3.8) is 0 Å². The summed E-state index contributed by atoms with van der Waals surface area (Å²) in [6.07, 6.45) is -0.444. The number of sulfonamides is 1. The molecule has 14 nitrogen and oxygen atoms in total. The van der Waals surface area contributed by atoms with Gasteiger partial charge in [-0.05, 0) is 113 Å². The minimum atomic E-state index is -4.40. The molecule has 1 saturated heterocycles. The lowest BCUT2D eigenvalue weighted by Crippen LogP contribution is -2.56. The molecule has 0 radical (unpaired) electrons. The predicted molar refractivity (Wildman–Crippen MR) is 259 cm³/mol. The van der Waals surface area contributed by atoms with E-state index < -0.39 is 40.1 Å². The van der Waals surface area contributed by atoms with Crippen LogP contribution >= 0.6 is 23.2 Å². The molecular formula is C52H47Cl2N5O9S. The van der Waals surface area contributed by atoms with Gasteiger partial charge < -0.3 is 33.9 Å². The van der Waals surface area contributed by atoms with E-state index in [1.54, 1.807) is 49.4 Å². The van der Waals surface area contributed by atoms with Gasteiger partial charge in [-0.25, -0.2) is 18.2 Å². The van der Waals surface area contributed by atoms with Crippen LogP contribution in [0.1, 0.15) is 45.2 Å². The molecule has 1 fully saturated rings. The first-order valence-corrected chi connectivity index (χ1v) is 24.5. The summed E-state index contributed by atoms with van der Waals surface area (Å²) in [6, 6.07) is 33.9. The molecular weight excluding hydrogens is 942 g/mol. The molecule has 1 unspecified atom stereocenters. The summed E-state index contributed by atoms with van der Waals surface area (Å²) < 4.78 is 60.5. The molecule has 0 saturated carbocycles. The first kappa shape index (κ1) is 47.4. The molecule has 3 atom stereocenters. The molecule has 4 heterocycles. The number of nitrogens with zero attached hydrogens (tertiary/aromatic N) is 4. The summed E-state index contributed by atoms with van der Waals surface area (Å²) in [5.41, 5.74) is 6.39. The monoisotopic (exact) mass is 987 g/mol. The van der Waals surface area contributed by atoms with E-state index in [2.05, 4.69) is 11.4 Å². The van der Waals surface area contributed by atoms with Gasteiger partial charge in [0.1, 0.15) is 41.8 Å². The number of nitriles is 1. The van der Waals surface area contributed by atoms with Gasteiger partial charge in [0.05, 0.1) is 47.7 Å². The Morgan fingerprint density at radius 2 is 1.57 bits per heavy atom. The Balaban J connectivity index is 0.968. The van der Waals surface area contributed by atoms with Crippen molar-refractivity contribution in [1.29, 1.82) is 5.26 Å². The van der Waals surface area contributed by atoms with Gasteiger partial charge >= 0.3 is 5.97 Å². The van der Waals surface area contributed by atoms with Crippen LogP contribution in [0, 0.1) is 18.3 Å². The third kappa shape index (κ3) is 10.5. The number of amides is 1. The van der Waals surface area contributed by atoms with Crippen LogP contribution < -0.4 is 24.4 Å². The Kier molecular flexibility index (Phi) is 14.1. The number of esters is 1. The zero-order valence-electron chi connectivity index (χ0n) is 37.7. The largest absolute Gasteiger partial charge is 0.489 e. The molecule has 1 aromatic heterocycles. The second kappa shape index (κ2) is 20.5. The Hall–Kier alpha value is -6.67. The fraction of sp³-hybridized carbons (Fsp3) is 0.269. The van der Waals surface area contributed by atoms with Crippen LogP contribution in [0.5, 0.6) is 17.2 Å². The summed E-state index contributed by atoms with van der Waals surface area (Å²) in [7, 11) is -3.17. The van der Waals surface area contributed by atoms with Gasteiger partial charge in [0, 0.05) is 26.1 Å². The Morgan fingerprint density at radius 3 is 2.25 bits per heavy atom. The van der Waals surface area contributed by atoms with Crippen LogP contribution in [0.3, 0.4) is 0 Å². The summed E-state index contributed by atoms with van der Waals surface area (Å²) in [6.45, 7) is 4.24. The molecule has 3 aliphatic heterocycles. The first-order valence-electron chi connectivity index (χ1n) is 22.3. The number of hydrogen-bond acceptors (Lipinski definition) is 12. The fourth-order valence-corrected chi connectivity index (χ4v) is 10.7. The second-order valence-corrected chi connectivity index (χ2v) is 19.6. The highest BCUT2D eigenvalue weighted by atomic mass is 35.5. The molecule has 1 N–H and O–H groups in total. The number of benzene rings is 5. The lowest BCUT2D eigenvalue weighted by molar-refractivity contribution is -0.145. The van der Waals surface area contributed by atoms with Gasteiger partial charge in [-0.1, -0.05) is 77.8 Å². The molecule has 0 aliphatic carbocycles. The van der Waals surface area contributed by atoms with Gasteiger partial charge in [0.15, 0.2) is 17.6 Å². The minimum Gasteiger partial charge on any atom is -0.489 e. The molecule has 6 aromatic rings. The molecule has 69 heavy (non-hydrogen) atoms. The average molecular weight is 989 g/mol. The number of ether oxygens (including phenoxy) is 5. The van der Waals surface area contributed by atoms with Crippen LogP contribution in [-0.2, 0) is 55.1 Å². The molecule has 3 aliphatic rings. The highest BCUT2D eigenvalue weighted by Gasteiger charge is 2.43. The van der Waals surface area contributed by atoms with Crippen molar-refractivity contribution in [2.45, 2.75) is 56.0 Å². The number of nitrogens with one attached hydrogen (secondary N) is 1. The van der Waals surface area contributed by atoms with E-state index in [4.69, 9.17) is 51.9 Å². The van der Waals surface area contributed by atoms with Crippen LogP contribution in [0.25, 0.3) is 11.1 Å². The zero-order valence-corrected chi connectivity index (χ0v) is 40.0. The van der Waals surface area contributed by atoms with Gasteiger partial charge in [-0.3, -0.25) is 4.79 Å². The molecule has 9 rings (SSSR count). The average Bonchev–Trinajstić information content (AvgIpc) is 3.37. The maximum Gasteiger partial charge on any atom is 0.328 e. The topological polar surface area (TPSA) is 170 Å². The number of hydrogen-bond donors (Lipinski definition) is 1. The molecule has 0 spiro atoms.